The van der Waals surface area contributed by atoms with E-state index >= 15 is 0 Å². The predicted octanol–water partition coefficient (Wildman–Crippen LogP) is 6.91. The van der Waals surface area contributed by atoms with Gasteiger partial charge in [0.1, 0.15) is 11.9 Å². The standard InChI is InChI=1S/C28H25ClFN5OS/c1-16-8-13-23(17(2)14-16)32-26(36)24-18(3)31-27-33-28(37-15-20-6-4-5-7-22(20)29)34-35(27)25(24)19-9-11-21(30)12-10-19/h4-14,25H,15H2,1-3H3,(H,32,36)(H,31,33,34)/t25-/m0/s1. The van der Waals surface area contributed by atoms with E-state index in [2.05, 4.69) is 15.6 Å². The summed E-state index contributed by atoms with van der Waals surface area (Å²) in [5, 5.41) is 12.2. The third kappa shape index (κ3) is 5.26. The molecule has 0 unspecified atom stereocenters. The van der Waals surface area contributed by atoms with E-state index in [9.17, 15) is 9.18 Å². The lowest BCUT2D eigenvalue weighted by molar-refractivity contribution is -0.113. The van der Waals surface area contributed by atoms with Crippen LogP contribution in [-0.4, -0.2) is 20.7 Å². The number of aryl methyl sites for hydroxylation is 2. The van der Waals surface area contributed by atoms with E-state index < -0.39 is 6.04 Å². The van der Waals surface area contributed by atoms with Crippen molar-refractivity contribution in [3.05, 3.63) is 111 Å². The number of nitrogens with zero attached hydrogens (tertiary/aromatic N) is 3. The number of halogens is 2. The van der Waals surface area contributed by atoms with E-state index in [1.54, 1.807) is 16.8 Å². The predicted molar refractivity (Wildman–Crippen MR) is 146 cm³/mol. The number of hydrogen-bond donors (Lipinski definition) is 2. The Hall–Kier alpha value is -3.62. The summed E-state index contributed by atoms with van der Waals surface area (Å²) in [5.74, 6) is 0.486. The van der Waals surface area contributed by atoms with Crippen LogP contribution in [0.4, 0.5) is 16.0 Å². The average Bonchev–Trinajstić information content (AvgIpc) is 3.27. The van der Waals surface area contributed by atoms with Gasteiger partial charge < -0.3 is 10.6 Å². The van der Waals surface area contributed by atoms with E-state index in [4.69, 9.17) is 16.7 Å². The van der Waals surface area contributed by atoms with Gasteiger partial charge in [0.2, 0.25) is 11.1 Å². The number of rotatable bonds is 6. The summed E-state index contributed by atoms with van der Waals surface area (Å²) in [4.78, 5) is 18.3. The number of aromatic nitrogens is 3. The van der Waals surface area contributed by atoms with Crippen molar-refractivity contribution in [3.8, 4) is 0 Å². The fourth-order valence-electron chi connectivity index (χ4n) is 4.34. The Morgan fingerprint density at radius 1 is 1.11 bits per heavy atom. The Kier molecular flexibility index (Phi) is 7.04. The highest BCUT2D eigenvalue weighted by molar-refractivity contribution is 7.98. The van der Waals surface area contributed by atoms with Crippen LogP contribution < -0.4 is 10.6 Å². The van der Waals surface area contributed by atoms with Crippen LogP contribution in [0.5, 0.6) is 0 Å². The number of carbonyl (C=O) groups excluding carboxylic acids is 1. The molecule has 1 aliphatic rings. The molecule has 0 saturated heterocycles. The molecular weight excluding hydrogens is 509 g/mol. The molecule has 0 saturated carbocycles. The van der Waals surface area contributed by atoms with Crippen LogP contribution in [-0.2, 0) is 10.5 Å². The second-order valence-corrected chi connectivity index (χ2v) is 10.3. The summed E-state index contributed by atoms with van der Waals surface area (Å²) >= 11 is 7.76. The molecule has 2 N–H and O–H groups in total. The van der Waals surface area contributed by atoms with Gasteiger partial charge in [-0.15, -0.1) is 5.10 Å². The Bertz CT molecular complexity index is 1520. The molecular formula is C28H25ClFN5OS. The van der Waals surface area contributed by atoms with Crippen LogP contribution in [0.3, 0.4) is 0 Å². The highest BCUT2D eigenvalue weighted by Crippen LogP contribution is 2.37. The van der Waals surface area contributed by atoms with E-state index in [1.165, 1.54) is 23.9 Å². The number of benzene rings is 3. The molecule has 1 aromatic heterocycles. The smallest absolute Gasteiger partial charge is 0.255 e. The number of thioether (sulfide) groups is 1. The topological polar surface area (TPSA) is 71.8 Å². The quantitative estimate of drug-likeness (QED) is 0.263. The lowest BCUT2D eigenvalue weighted by atomic mass is 9.95. The second kappa shape index (κ2) is 10.4. The summed E-state index contributed by atoms with van der Waals surface area (Å²) in [6, 6.07) is 19.0. The molecule has 9 heteroatoms. The van der Waals surface area contributed by atoms with E-state index in [0.717, 1.165) is 27.9 Å². The lowest BCUT2D eigenvalue weighted by Crippen LogP contribution is -2.31. The summed E-state index contributed by atoms with van der Waals surface area (Å²) in [5.41, 5.74) is 5.64. The van der Waals surface area contributed by atoms with Gasteiger partial charge in [-0.25, -0.2) is 9.07 Å². The van der Waals surface area contributed by atoms with E-state index in [0.29, 0.717) is 33.2 Å². The zero-order valence-electron chi connectivity index (χ0n) is 20.5. The number of amides is 1. The fourth-order valence-corrected chi connectivity index (χ4v) is 5.46. The number of hydrogen-bond acceptors (Lipinski definition) is 5. The molecule has 37 heavy (non-hydrogen) atoms. The van der Waals surface area contributed by atoms with Crippen molar-refractivity contribution in [1.82, 2.24) is 14.8 Å². The minimum atomic E-state index is -0.593. The van der Waals surface area contributed by atoms with Crippen LogP contribution in [0, 0.1) is 19.7 Å². The molecule has 0 aliphatic carbocycles. The minimum absolute atomic E-state index is 0.266. The van der Waals surface area contributed by atoms with Gasteiger partial charge in [0, 0.05) is 22.2 Å². The first-order valence-corrected chi connectivity index (χ1v) is 13.1. The number of anilines is 2. The van der Waals surface area contributed by atoms with Crippen LogP contribution in [0.15, 0.2) is 83.2 Å². The molecule has 0 fully saturated rings. The van der Waals surface area contributed by atoms with Crippen LogP contribution in [0.1, 0.15) is 35.2 Å². The number of fused-ring (bicyclic) bond motifs is 1. The van der Waals surface area contributed by atoms with Gasteiger partial charge in [-0.2, -0.15) is 4.98 Å². The van der Waals surface area contributed by atoms with Crippen molar-refractivity contribution in [2.45, 2.75) is 37.7 Å². The van der Waals surface area contributed by atoms with Crippen molar-refractivity contribution in [1.29, 1.82) is 0 Å². The highest BCUT2D eigenvalue weighted by atomic mass is 35.5. The molecule has 1 aliphatic heterocycles. The Labute approximate surface area is 224 Å². The van der Waals surface area contributed by atoms with Gasteiger partial charge in [0.15, 0.2) is 0 Å². The third-order valence-corrected chi connectivity index (χ3v) is 7.46. The highest BCUT2D eigenvalue weighted by Gasteiger charge is 2.34. The normalized spacial score (nSPS) is 14.8. The number of allylic oxidation sites excluding steroid dienone is 1. The monoisotopic (exact) mass is 533 g/mol. The number of nitrogens with one attached hydrogen (secondary N) is 2. The van der Waals surface area contributed by atoms with Crippen molar-refractivity contribution >= 4 is 40.9 Å². The molecule has 188 valence electrons. The van der Waals surface area contributed by atoms with Crippen LogP contribution in [0.2, 0.25) is 5.02 Å². The maximum absolute atomic E-state index is 13.8. The van der Waals surface area contributed by atoms with Crippen LogP contribution in [0.25, 0.3) is 0 Å². The summed E-state index contributed by atoms with van der Waals surface area (Å²) in [6.45, 7) is 5.80. The van der Waals surface area contributed by atoms with Crippen molar-refractivity contribution in [2.24, 2.45) is 0 Å². The Balaban J connectivity index is 1.50. The molecule has 0 spiro atoms. The zero-order chi connectivity index (χ0) is 26.1. The maximum Gasteiger partial charge on any atom is 0.255 e. The molecule has 1 atom stereocenters. The van der Waals surface area contributed by atoms with Gasteiger partial charge in [-0.3, -0.25) is 4.79 Å². The molecule has 4 aromatic rings. The molecule has 3 aromatic carbocycles. The SMILES string of the molecule is CC1=C(C(=O)Nc2ccc(C)cc2C)[C@H](c2ccc(F)cc2)n2nc(SCc3ccccc3Cl)nc2N1. The molecule has 1 amide bonds. The van der Waals surface area contributed by atoms with Crippen molar-refractivity contribution in [3.63, 3.8) is 0 Å². The second-order valence-electron chi connectivity index (χ2n) is 8.93. The number of carbonyl (C=O) groups is 1. The molecule has 0 bridgehead atoms. The molecule has 6 nitrogen and oxygen atoms in total. The zero-order valence-corrected chi connectivity index (χ0v) is 22.1. The third-order valence-electron chi connectivity index (χ3n) is 6.21. The molecule has 5 rings (SSSR count). The summed E-state index contributed by atoms with van der Waals surface area (Å²) < 4.78 is 15.5. The maximum atomic E-state index is 13.8. The first kappa shape index (κ1) is 25.0. The van der Waals surface area contributed by atoms with Crippen LogP contribution >= 0.6 is 23.4 Å². The average molecular weight is 534 g/mol. The molecule has 2 heterocycles. The van der Waals surface area contributed by atoms with Gasteiger partial charge in [-0.1, -0.05) is 71.4 Å². The van der Waals surface area contributed by atoms with Gasteiger partial charge in [-0.05, 0) is 61.7 Å². The first-order chi connectivity index (χ1) is 17.8. The summed E-state index contributed by atoms with van der Waals surface area (Å²) in [6.07, 6.45) is 0. The van der Waals surface area contributed by atoms with Gasteiger partial charge in [0.05, 0.1) is 5.57 Å². The Morgan fingerprint density at radius 2 is 1.86 bits per heavy atom. The van der Waals surface area contributed by atoms with Gasteiger partial charge >= 0.3 is 0 Å². The van der Waals surface area contributed by atoms with Crippen molar-refractivity contribution in [2.75, 3.05) is 10.6 Å². The first-order valence-electron chi connectivity index (χ1n) is 11.7. The lowest BCUT2D eigenvalue weighted by Gasteiger charge is -2.28. The fraction of sp³-hybridized carbons (Fsp3) is 0.179. The summed E-state index contributed by atoms with van der Waals surface area (Å²) in [7, 11) is 0. The van der Waals surface area contributed by atoms with Crippen molar-refractivity contribution < 1.29 is 9.18 Å². The molecule has 0 radical (unpaired) electrons. The van der Waals surface area contributed by atoms with E-state index in [1.807, 2.05) is 63.2 Å². The minimum Gasteiger partial charge on any atom is -0.328 e. The van der Waals surface area contributed by atoms with Gasteiger partial charge in [0.25, 0.3) is 5.91 Å². The van der Waals surface area contributed by atoms with E-state index in [-0.39, 0.29) is 11.7 Å². The Morgan fingerprint density at radius 3 is 2.59 bits per heavy atom. The largest absolute Gasteiger partial charge is 0.328 e.